The van der Waals surface area contributed by atoms with Crippen LogP contribution in [0.15, 0.2) is 45.9 Å². The number of aromatic amines is 1. The molecule has 0 bridgehead atoms. The van der Waals surface area contributed by atoms with E-state index in [1.807, 2.05) is 11.0 Å². The summed E-state index contributed by atoms with van der Waals surface area (Å²) in [6.45, 7) is 2.25. The number of benzene rings is 1. The molecule has 31 heavy (non-hydrogen) atoms. The molecule has 1 aromatic carbocycles. The van der Waals surface area contributed by atoms with Crippen molar-refractivity contribution in [3.8, 4) is 11.6 Å². The van der Waals surface area contributed by atoms with Crippen LogP contribution in [0.5, 0.6) is 5.88 Å². The first-order valence-electron chi connectivity index (χ1n) is 9.92. The lowest BCUT2D eigenvalue weighted by Crippen LogP contribution is -2.27. The Hall–Kier alpha value is -3.34. The van der Waals surface area contributed by atoms with Gasteiger partial charge in [0.2, 0.25) is 17.7 Å². The van der Waals surface area contributed by atoms with Crippen molar-refractivity contribution in [2.45, 2.75) is 19.3 Å². The van der Waals surface area contributed by atoms with Gasteiger partial charge < -0.3 is 25.6 Å². The van der Waals surface area contributed by atoms with Gasteiger partial charge >= 0.3 is 5.69 Å². The number of halogens is 1. The molecule has 10 nitrogen and oxygen atoms in total. The molecule has 162 valence electrons. The molecule has 0 aliphatic carbocycles. The molecule has 0 saturated carbocycles. The number of hydrogen-bond donors (Lipinski definition) is 4. The molecule has 3 aromatic rings. The number of carbonyl (C=O) groups excluding carboxylic acids is 1. The van der Waals surface area contributed by atoms with Gasteiger partial charge in [0, 0.05) is 37.9 Å². The van der Waals surface area contributed by atoms with Crippen LogP contribution >= 0.6 is 15.9 Å². The minimum atomic E-state index is -0.434. The summed E-state index contributed by atoms with van der Waals surface area (Å²) >= 11 is 3.45. The number of nitrogens with one attached hydrogen (secondary N) is 3. The molecule has 1 saturated heterocycles. The summed E-state index contributed by atoms with van der Waals surface area (Å²) in [4.78, 5) is 36.7. The van der Waals surface area contributed by atoms with Gasteiger partial charge in [-0.25, -0.2) is 14.3 Å². The number of H-pyrrole nitrogens is 1. The summed E-state index contributed by atoms with van der Waals surface area (Å²) in [7, 11) is 0. The molecule has 11 heteroatoms. The predicted molar refractivity (Wildman–Crippen MR) is 120 cm³/mol. The highest BCUT2D eigenvalue weighted by molar-refractivity contribution is 9.10. The van der Waals surface area contributed by atoms with Crippen LogP contribution in [0.2, 0.25) is 0 Å². The molecule has 0 unspecified atom stereocenters. The molecule has 3 heterocycles. The summed E-state index contributed by atoms with van der Waals surface area (Å²) in [5.41, 5.74) is 0.725. The molecular weight excluding hydrogens is 466 g/mol. The molecule has 4 rings (SSSR count). The highest BCUT2D eigenvalue weighted by atomic mass is 79.9. The van der Waals surface area contributed by atoms with Gasteiger partial charge in [-0.1, -0.05) is 6.07 Å². The lowest BCUT2D eigenvalue weighted by atomic mass is 10.2. The Bertz CT molecular complexity index is 1140. The van der Waals surface area contributed by atoms with Crippen LogP contribution in [0.3, 0.4) is 0 Å². The van der Waals surface area contributed by atoms with Gasteiger partial charge in [0.15, 0.2) is 0 Å². The fraction of sp³-hybridized carbons (Fsp3) is 0.300. The first-order chi connectivity index (χ1) is 15.0. The number of likely N-dealkylation sites (tertiary alicyclic amines) is 1. The number of carbonyl (C=O) groups is 1. The average molecular weight is 488 g/mol. The van der Waals surface area contributed by atoms with Crippen LogP contribution in [-0.4, -0.2) is 55.1 Å². The number of nitrogens with zero attached hydrogens (tertiary/aromatic N) is 4. The van der Waals surface area contributed by atoms with E-state index >= 15 is 0 Å². The normalized spacial score (nSPS) is 13.6. The fourth-order valence-electron chi connectivity index (χ4n) is 3.43. The third-order valence-electron chi connectivity index (χ3n) is 4.93. The zero-order chi connectivity index (χ0) is 21.8. The summed E-state index contributed by atoms with van der Waals surface area (Å²) in [6, 6.07) is 6.99. The lowest BCUT2D eigenvalue weighted by molar-refractivity contribution is -0.127. The number of anilines is 3. The molecule has 1 amide bonds. The molecule has 0 radical (unpaired) electrons. The molecule has 0 spiro atoms. The summed E-state index contributed by atoms with van der Waals surface area (Å²) in [6.07, 6.45) is 5.30. The minimum absolute atomic E-state index is 0.177. The third-order valence-corrected chi connectivity index (χ3v) is 5.51. The second kappa shape index (κ2) is 9.21. The number of amides is 1. The number of aromatic nitrogens is 4. The van der Waals surface area contributed by atoms with Crippen molar-refractivity contribution < 1.29 is 9.90 Å². The van der Waals surface area contributed by atoms with Crippen molar-refractivity contribution in [3.63, 3.8) is 0 Å². The summed E-state index contributed by atoms with van der Waals surface area (Å²) < 4.78 is 1.89. The Balaban J connectivity index is 1.41. The Labute approximate surface area is 186 Å². The van der Waals surface area contributed by atoms with Crippen LogP contribution in [0, 0.1) is 0 Å². The van der Waals surface area contributed by atoms with Gasteiger partial charge in [0.25, 0.3) is 0 Å². The molecule has 1 fully saturated rings. The Kier molecular flexibility index (Phi) is 6.21. The second-order valence-corrected chi connectivity index (χ2v) is 7.97. The van der Waals surface area contributed by atoms with Crippen LogP contribution < -0.4 is 16.3 Å². The van der Waals surface area contributed by atoms with Gasteiger partial charge in [-0.3, -0.25) is 4.79 Å². The van der Waals surface area contributed by atoms with Gasteiger partial charge in [0.05, 0.1) is 16.4 Å². The Morgan fingerprint density at radius 3 is 2.90 bits per heavy atom. The van der Waals surface area contributed by atoms with Crippen molar-refractivity contribution in [2.24, 2.45) is 0 Å². The lowest BCUT2D eigenvalue weighted by Gasteiger charge is -2.16. The van der Waals surface area contributed by atoms with Gasteiger partial charge in [-0.2, -0.15) is 4.98 Å². The first kappa shape index (κ1) is 20.9. The molecule has 0 atom stereocenters. The summed E-state index contributed by atoms with van der Waals surface area (Å²) in [5, 5.41) is 16.2. The topological polar surface area (TPSA) is 128 Å². The fourth-order valence-corrected chi connectivity index (χ4v) is 3.76. The number of rotatable bonds is 8. The molecule has 1 aliphatic rings. The number of hydrogen-bond acceptors (Lipinski definition) is 7. The van der Waals surface area contributed by atoms with E-state index in [-0.39, 0.29) is 11.8 Å². The van der Waals surface area contributed by atoms with Crippen LogP contribution in [-0.2, 0) is 4.79 Å². The van der Waals surface area contributed by atoms with Crippen LogP contribution in [0.4, 0.5) is 17.5 Å². The standard InChI is InChI=1S/C20H22BrN7O3/c21-15-11-23-19(26-18(15)22-7-3-9-27-8-2-6-16(27)29)25-13-4-1-5-14(10-13)28-17(30)12-24-20(28)31/h1,4-5,10-12,30H,2-3,6-9H2,(H,24,31)(H2,22,23,25,26). The quantitative estimate of drug-likeness (QED) is 0.359. The molecule has 2 aromatic heterocycles. The van der Waals surface area contributed by atoms with Gasteiger partial charge in [-0.15, -0.1) is 0 Å². The largest absolute Gasteiger partial charge is 0.493 e. The Morgan fingerprint density at radius 1 is 1.29 bits per heavy atom. The molecule has 1 aliphatic heterocycles. The highest BCUT2D eigenvalue weighted by Crippen LogP contribution is 2.23. The maximum absolute atomic E-state index is 11.9. The predicted octanol–water partition coefficient (Wildman–Crippen LogP) is 2.59. The zero-order valence-electron chi connectivity index (χ0n) is 16.6. The van der Waals surface area contributed by atoms with Crippen molar-refractivity contribution in [1.29, 1.82) is 0 Å². The van der Waals surface area contributed by atoms with E-state index in [1.54, 1.807) is 24.4 Å². The maximum atomic E-state index is 11.9. The average Bonchev–Trinajstić information content (AvgIpc) is 3.32. The van der Waals surface area contributed by atoms with Gasteiger partial charge in [-0.05, 0) is 47.0 Å². The minimum Gasteiger partial charge on any atom is -0.493 e. The third kappa shape index (κ3) is 4.88. The van der Waals surface area contributed by atoms with E-state index in [4.69, 9.17) is 0 Å². The first-order valence-corrected chi connectivity index (χ1v) is 10.7. The monoisotopic (exact) mass is 487 g/mol. The second-order valence-electron chi connectivity index (χ2n) is 7.12. The zero-order valence-corrected chi connectivity index (χ0v) is 18.2. The van der Waals surface area contributed by atoms with Crippen LogP contribution in [0.25, 0.3) is 5.69 Å². The SMILES string of the molecule is O=C1CCCN1CCCNc1nc(Nc2cccc(-n3c(O)c[nH]c3=O)c2)ncc1Br. The van der Waals surface area contributed by atoms with Crippen molar-refractivity contribution >= 4 is 39.3 Å². The molecule has 4 N–H and O–H groups in total. The Morgan fingerprint density at radius 2 is 2.16 bits per heavy atom. The van der Waals surface area contributed by atoms with Crippen LogP contribution in [0.1, 0.15) is 19.3 Å². The summed E-state index contributed by atoms with van der Waals surface area (Å²) in [5.74, 6) is 1.07. The van der Waals surface area contributed by atoms with E-state index in [0.29, 0.717) is 36.1 Å². The van der Waals surface area contributed by atoms with Crippen molar-refractivity contribution in [2.75, 3.05) is 30.3 Å². The van der Waals surface area contributed by atoms with Crippen molar-refractivity contribution in [1.82, 2.24) is 24.4 Å². The number of aromatic hydroxyl groups is 1. The van der Waals surface area contributed by atoms with E-state index in [9.17, 15) is 14.7 Å². The highest BCUT2D eigenvalue weighted by Gasteiger charge is 2.19. The van der Waals surface area contributed by atoms with E-state index in [0.717, 1.165) is 35.0 Å². The van der Waals surface area contributed by atoms with E-state index in [1.165, 1.54) is 6.20 Å². The smallest absolute Gasteiger partial charge is 0.333 e. The molecular formula is C20H22BrN7O3. The van der Waals surface area contributed by atoms with E-state index < -0.39 is 5.69 Å². The van der Waals surface area contributed by atoms with Crippen molar-refractivity contribution in [3.05, 3.63) is 51.6 Å². The number of imidazole rings is 1. The van der Waals surface area contributed by atoms with Gasteiger partial charge in [0.1, 0.15) is 5.82 Å². The van der Waals surface area contributed by atoms with E-state index in [2.05, 4.69) is 41.5 Å². The maximum Gasteiger partial charge on any atom is 0.333 e.